The number of benzene rings is 1. The molecule has 0 aliphatic heterocycles. The van der Waals surface area contributed by atoms with E-state index >= 15 is 0 Å². The lowest BCUT2D eigenvalue weighted by atomic mass is 10.1. The number of amides is 1. The molecule has 0 saturated heterocycles. The number of carbonyl (C=O) groups excluding carboxylic acids is 1. The number of nitrogens with one attached hydrogen (secondary N) is 2. The summed E-state index contributed by atoms with van der Waals surface area (Å²) in [4.78, 5) is 22.6. The first-order valence-corrected chi connectivity index (χ1v) is 5.61. The molecule has 1 aromatic carbocycles. The van der Waals surface area contributed by atoms with Gasteiger partial charge in [-0.3, -0.25) is 9.59 Å². The van der Waals surface area contributed by atoms with Gasteiger partial charge in [0, 0.05) is 17.4 Å². The molecule has 2 rings (SSSR count). The van der Waals surface area contributed by atoms with Crippen molar-refractivity contribution in [3.05, 3.63) is 51.9 Å². The third-order valence-corrected chi connectivity index (χ3v) is 2.53. The fraction of sp³-hybridized carbons (Fsp3) is 0.0833. The molecule has 1 aromatic heterocycles. The van der Waals surface area contributed by atoms with Crippen molar-refractivity contribution >= 4 is 17.3 Å². The summed E-state index contributed by atoms with van der Waals surface area (Å²) in [7, 11) is 0. The number of nitrogen functional groups attached to an aromatic ring is 1. The average molecular weight is 298 g/mol. The molecule has 21 heavy (non-hydrogen) atoms. The van der Waals surface area contributed by atoms with Crippen molar-refractivity contribution in [1.82, 2.24) is 10.2 Å². The predicted molar refractivity (Wildman–Crippen MR) is 68.7 cm³/mol. The number of halogens is 3. The van der Waals surface area contributed by atoms with Gasteiger partial charge in [0.25, 0.3) is 11.5 Å². The van der Waals surface area contributed by atoms with Crippen molar-refractivity contribution in [2.75, 3.05) is 11.1 Å². The Balaban J connectivity index is 2.26. The van der Waals surface area contributed by atoms with Gasteiger partial charge in [-0.2, -0.15) is 18.3 Å². The second kappa shape index (κ2) is 5.27. The van der Waals surface area contributed by atoms with Crippen LogP contribution in [-0.4, -0.2) is 16.1 Å². The smallest absolute Gasteiger partial charge is 0.398 e. The molecule has 0 spiro atoms. The maximum absolute atomic E-state index is 12.7. The van der Waals surface area contributed by atoms with E-state index in [4.69, 9.17) is 5.73 Å². The quantitative estimate of drug-likeness (QED) is 0.733. The van der Waals surface area contributed by atoms with Crippen LogP contribution in [0.15, 0.2) is 35.1 Å². The summed E-state index contributed by atoms with van der Waals surface area (Å²) >= 11 is 0. The minimum Gasteiger partial charge on any atom is -0.398 e. The summed E-state index contributed by atoms with van der Waals surface area (Å²) in [6.07, 6.45) is -4.62. The van der Waals surface area contributed by atoms with Crippen molar-refractivity contribution in [2.24, 2.45) is 0 Å². The molecule has 1 heterocycles. The Morgan fingerprint density at radius 3 is 2.52 bits per heavy atom. The van der Waals surface area contributed by atoms with Crippen LogP contribution in [0.4, 0.5) is 24.5 Å². The summed E-state index contributed by atoms with van der Waals surface area (Å²) in [6, 6.07) is 5.22. The van der Waals surface area contributed by atoms with Crippen molar-refractivity contribution in [2.45, 2.75) is 6.18 Å². The Kier molecular flexibility index (Phi) is 3.66. The molecule has 6 nitrogen and oxygen atoms in total. The third kappa shape index (κ3) is 3.38. The van der Waals surface area contributed by atoms with Crippen LogP contribution in [0.25, 0.3) is 0 Å². The van der Waals surface area contributed by atoms with E-state index in [1.807, 2.05) is 5.10 Å². The van der Waals surface area contributed by atoms with Gasteiger partial charge in [-0.05, 0) is 24.3 Å². The lowest BCUT2D eigenvalue weighted by molar-refractivity contribution is -0.136. The molecule has 0 fully saturated rings. The Bertz CT molecular complexity index is 720. The van der Waals surface area contributed by atoms with Crippen LogP contribution in [-0.2, 0) is 6.18 Å². The second-order valence-corrected chi connectivity index (χ2v) is 4.06. The number of nitrogens with zero attached hydrogens (tertiary/aromatic N) is 1. The fourth-order valence-corrected chi connectivity index (χ4v) is 1.55. The minimum atomic E-state index is -4.62. The van der Waals surface area contributed by atoms with E-state index in [9.17, 15) is 22.8 Å². The highest BCUT2D eigenvalue weighted by Gasteiger charge is 2.33. The van der Waals surface area contributed by atoms with Crippen LogP contribution >= 0.6 is 0 Å². The second-order valence-electron chi connectivity index (χ2n) is 4.06. The SMILES string of the molecule is Nc1ccc(NC(=O)c2ccc(=O)[nH]n2)cc1C(F)(F)F. The van der Waals surface area contributed by atoms with Crippen LogP contribution in [0, 0.1) is 0 Å². The Morgan fingerprint density at radius 2 is 1.95 bits per heavy atom. The highest BCUT2D eigenvalue weighted by atomic mass is 19.4. The molecule has 1 amide bonds. The van der Waals surface area contributed by atoms with Crippen molar-refractivity contribution in [1.29, 1.82) is 0 Å². The normalized spacial score (nSPS) is 11.2. The molecule has 0 aliphatic rings. The van der Waals surface area contributed by atoms with Crippen LogP contribution in [0.3, 0.4) is 0 Å². The zero-order chi connectivity index (χ0) is 15.6. The number of anilines is 2. The number of alkyl halides is 3. The molecular weight excluding hydrogens is 289 g/mol. The highest BCUT2D eigenvalue weighted by molar-refractivity contribution is 6.02. The minimum absolute atomic E-state index is 0.0884. The largest absolute Gasteiger partial charge is 0.418 e. The van der Waals surface area contributed by atoms with Gasteiger partial charge in [0.15, 0.2) is 0 Å². The number of H-pyrrole nitrogens is 1. The van der Waals surface area contributed by atoms with Crippen LogP contribution < -0.4 is 16.6 Å². The van der Waals surface area contributed by atoms with E-state index in [0.717, 1.165) is 24.3 Å². The van der Waals surface area contributed by atoms with Gasteiger partial charge in [-0.15, -0.1) is 0 Å². The third-order valence-electron chi connectivity index (χ3n) is 2.53. The lowest BCUT2D eigenvalue weighted by Crippen LogP contribution is -2.18. The molecule has 0 aliphatic carbocycles. The monoisotopic (exact) mass is 298 g/mol. The summed E-state index contributed by atoms with van der Waals surface area (Å²) in [5.41, 5.74) is 3.03. The maximum Gasteiger partial charge on any atom is 0.418 e. The molecule has 0 bridgehead atoms. The molecule has 2 aromatic rings. The van der Waals surface area contributed by atoms with E-state index < -0.39 is 28.9 Å². The topological polar surface area (TPSA) is 101 Å². The Labute approximate surface area is 115 Å². The van der Waals surface area contributed by atoms with Gasteiger partial charge < -0.3 is 11.1 Å². The van der Waals surface area contributed by atoms with Crippen molar-refractivity contribution in [3.8, 4) is 0 Å². The van der Waals surface area contributed by atoms with E-state index in [1.165, 1.54) is 6.07 Å². The first kappa shape index (κ1) is 14.6. The average Bonchev–Trinajstić information content (AvgIpc) is 2.40. The number of hydrogen-bond donors (Lipinski definition) is 3. The summed E-state index contributed by atoms with van der Waals surface area (Å²) in [5, 5.41) is 7.75. The predicted octanol–water partition coefficient (Wildman–Crippen LogP) is 1.62. The molecule has 0 atom stereocenters. The number of aromatic amines is 1. The van der Waals surface area contributed by atoms with Gasteiger partial charge in [0.2, 0.25) is 0 Å². The summed E-state index contributed by atoms with van der Waals surface area (Å²) in [6.45, 7) is 0. The van der Waals surface area contributed by atoms with Crippen LogP contribution in [0.2, 0.25) is 0 Å². The van der Waals surface area contributed by atoms with Gasteiger partial charge in [0.05, 0.1) is 5.56 Å². The molecular formula is C12H9F3N4O2. The molecule has 4 N–H and O–H groups in total. The van der Waals surface area contributed by atoms with Gasteiger partial charge >= 0.3 is 6.18 Å². The van der Waals surface area contributed by atoms with Gasteiger partial charge in [0.1, 0.15) is 5.69 Å². The fourth-order valence-electron chi connectivity index (χ4n) is 1.55. The highest BCUT2D eigenvalue weighted by Crippen LogP contribution is 2.35. The zero-order valence-electron chi connectivity index (χ0n) is 10.4. The van der Waals surface area contributed by atoms with Crippen molar-refractivity contribution < 1.29 is 18.0 Å². The maximum atomic E-state index is 12.7. The first-order valence-electron chi connectivity index (χ1n) is 5.61. The van der Waals surface area contributed by atoms with Crippen molar-refractivity contribution in [3.63, 3.8) is 0 Å². The molecule has 0 radical (unpaired) electrons. The number of hydrogen-bond acceptors (Lipinski definition) is 4. The molecule has 0 saturated carbocycles. The lowest BCUT2D eigenvalue weighted by Gasteiger charge is -2.12. The Morgan fingerprint density at radius 1 is 1.24 bits per heavy atom. The van der Waals surface area contributed by atoms with Crippen LogP contribution in [0.1, 0.15) is 16.1 Å². The van der Waals surface area contributed by atoms with E-state index in [1.54, 1.807) is 0 Å². The van der Waals surface area contributed by atoms with Gasteiger partial charge in [-0.1, -0.05) is 0 Å². The molecule has 0 unspecified atom stereocenters. The zero-order valence-corrected chi connectivity index (χ0v) is 10.4. The first-order chi connectivity index (χ1) is 9.77. The number of rotatable bonds is 2. The van der Waals surface area contributed by atoms with E-state index in [-0.39, 0.29) is 11.4 Å². The van der Waals surface area contributed by atoms with E-state index in [2.05, 4.69) is 10.4 Å². The molecule has 9 heteroatoms. The standard InChI is InChI=1S/C12H9F3N4O2/c13-12(14,15)7-5-6(1-2-8(7)16)17-11(21)9-3-4-10(20)19-18-9/h1-5H,16H2,(H,17,21)(H,19,20). The number of carbonyl (C=O) groups is 1. The molecule has 110 valence electrons. The summed E-state index contributed by atoms with van der Waals surface area (Å²) < 4.78 is 38.1. The number of nitrogens with two attached hydrogens (primary N) is 1. The van der Waals surface area contributed by atoms with Gasteiger partial charge in [-0.25, -0.2) is 5.10 Å². The van der Waals surface area contributed by atoms with E-state index in [0.29, 0.717) is 0 Å². The van der Waals surface area contributed by atoms with Crippen LogP contribution in [0.5, 0.6) is 0 Å². The Hall–Kier alpha value is -2.84. The summed E-state index contributed by atoms with van der Waals surface area (Å²) in [5.74, 6) is -0.760. The number of aromatic nitrogens is 2.